The van der Waals surface area contributed by atoms with E-state index in [1.54, 1.807) is 0 Å². The summed E-state index contributed by atoms with van der Waals surface area (Å²) in [6, 6.07) is 0. The molecule has 14 heavy (non-hydrogen) atoms. The monoisotopic (exact) mass is 214 g/mol. The van der Waals surface area contributed by atoms with Crippen LogP contribution in [0.4, 0.5) is 0 Å². The number of hydrogen-bond acceptors (Lipinski definition) is 1. The average molecular weight is 215 g/mol. The van der Waals surface area contributed by atoms with Crippen LogP contribution in [-0.2, 0) is 7.05 Å². The lowest BCUT2D eigenvalue weighted by molar-refractivity contribution is 0.1000. The highest BCUT2D eigenvalue weighted by molar-refractivity contribution is 6.34. The average Bonchev–Trinajstić information content (AvgIpc) is 2.23. The molecule has 1 heterocycles. The summed E-state index contributed by atoms with van der Waals surface area (Å²) in [6.07, 6.45) is 0. The molecule has 0 fully saturated rings. The molecule has 78 valence electrons. The lowest BCUT2D eigenvalue weighted by atomic mass is 10.1. The minimum atomic E-state index is -0.463. The molecule has 0 aliphatic carbocycles. The van der Waals surface area contributed by atoms with Gasteiger partial charge in [-0.25, -0.2) is 0 Å². The zero-order chi connectivity index (χ0) is 11.0. The van der Waals surface area contributed by atoms with Crippen molar-refractivity contribution >= 4 is 17.5 Å². The van der Waals surface area contributed by atoms with Crippen molar-refractivity contribution in [3.8, 4) is 0 Å². The van der Waals surface area contributed by atoms with Crippen LogP contribution in [0.25, 0.3) is 0 Å². The normalized spacial score (nSPS) is 11.0. The number of halogens is 1. The SMILES string of the molecule is Cc1c(C(N)=O)c(Cl)c(C(C)C)n1C. The van der Waals surface area contributed by atoms with E-state index in [9.17, 15) is 4.79 Å². The van der Waals surface area contributed by atoms with Gasteiger partial charge in [-0.15, -0.1) is 0 Å². The van der Waals surface area contributed by atoms with Gasteiger partial charge in [0.15, 0.2) is 0 Å². The summed E-state index contributed by atoms with van der Waals surface area (Å²) in [6.45, 7) is 5.91. The minimum Gasteiger partial charge on any atom is -0.365 e. The molecule has 0 saturated heterocycles. The maximum atomic E-state index is 11.2. The van der Waals surface area contributed by atoms with Crippen LogP contribution in [0.5, 0.6) is 0 Å². The zero-order valence-corrected chi connectivity index (χ0v) is 9.64. The minimum absolute atomic E-state index is 0.277. The Balaban J connectivity index is 3.49. The van der Waals surface area contributed by atoms with E-state index in [1.165, 1.54) is 0 Å². The summed E-state index contributed by atoms with van der Waals surface area (Å²) >= 11 is 6.10. The second kappa shape index (κ2) is 3.65. The predicted molar refractivity (Wildman–Crippen MR) is 57.8 cm³/mol. The Labute approximate surface area is 88.8 Å². The molecule has 2 N–H and O–H groups in total. The van der Waals surface area contributed by atoms with Gasteiger partial charge >= 0.3 is 0 Å². The van der Waals surface area contributed by atoms with Gasteiger partial charge < -0.3 is 10.3 Å². The molecule has 1 rings (SSSR count). The Morgan fingerprint density at radius 1 is 1.50 bits per heavy atom. The highest BCUT2D eigenvalue weighted by Gasteiger charge is 2.21. The van der Waals surface area contributed by atoms with Crippen molar-refractivity contribution in [3.05, 3.63) is 22.0 Å². The fraction of sp³-hybridized carbons (Fsp3) is 0.500. The first-order valence-electron chi connectivity index (χ1n) is 4.52. The summed E-state index contributed by atoms with van der Waals surface area (Å²) in [5.74, 6) is -0.186. The molecular formula is C10H15ClN2O. The van der Waals surface area contributed by atoms with Gasteiger partial charge in [0.1, 0.15) is 0 Å². The molecule has 0 aliphatic heterocycles. The van der Waals surface area contributed by atoms with Gasteiger partial charge in [-0.3, -0.25) is 4.79 Å². The van der Waals surface area contributed by atoms with Crippen molar-refractivity contribution in [2.24, 2.45) is 12.8 Å². The quantitative estimate of drug-likeness (QED) is 0.806. The highest BCUT2D eigenvalue weighted by Crippen LogP contribution is 2.31. The maximum Gasteiger partial charge on any atom is 0.252 e. The molecule has 0 bridgehead atoms. The molecule has 3 nitrogen and oxygen atoms in total. The number of primary amides is 1. The van der Waals surface area contributed by atoms with Gasteiger partial charge in [-0.2, -0.15) is 0 Å². The van der Waals surface area contributed by atoms with E-state index >= 15 is 0 Å². The molecule has 1 aromatic rings. The Morgan fingerprint density at radius 2 is 2.00 bits per heavy atom. The van der Waals surface area contributed by atoms with Crippen LogP contribution < -0.4 is 5.73 Å². The molecule has 1 aromatic heterocycles. The van der Waals surface area contributed by atoms with Gasteiger partial charge in [-0.1, -0.05) is 25.4 Å². The third kappa shape index (κ3) is 1.52. The van der Waals surface area contributed by atoms with E-state index in [1.807, 2.05) is 32.4 Å². The van der Waals surface area contributed by atoms with Crippen LogP contribution in [0, 0.1) is 6.92 Å². The molecule has 4 heteroatoms. The van der Waals surface area contributed by atoms with Crippen LogP contribution in [0.2, 0.25) is 5.02 Å². The van der Waals surface area contributed by atoms with Crippen LogP contribution in [0.1, 0.15) is 41.5 Å². The number of carbonyl (C=O) groups excluding carboxylic acids is 1. The van der Waals surface area contributed by atoms with Gasteiger partial charge in [0.05, 0.1) is 10.6 Å². The fourth-order valence-corrected chi connectivity index (χ4v) is 2.28. The lowest BCUT2D eigenvalue weighted by Gasteiger charge is -2.08. The second-order valence-corrected chi connectivity index (χ2v) is 4.12. The summed E-state index contributed by atoms with van der Waals surface area (Å²) in [5, 5.41) is 0.493. The number of nitrogens with two attached hydrogens (primary N) is 1. The number of carbonyl (C=O) groups is 1. The first-order chi connectivity index (χ1) is 6.37. The van der Waals surface area contributed by atoms with Crippen LogP contribution in [0.3, 0.4) is 0 Å². The molecule has 0 aromatic carbocycles. The van der Waals surface area contributed by atoms with E-state index in [0.717, 1.165) is 11.4 Å². The third-order valence-corrected chi connectivity index (χ3v) is 2.85. The number of aromatic nitrogens is 1. The van der Waals surface area contributed by atoms with E-state index in [-0.39, 0.29) is 5.92 Å². The smallest absolute Gasteiger partial charge is 0.252 e. The van der Waals surface area contributed by atoms with E-state index in [2.05, 4.69) is 0 Å². The molecule has 0 saturated carbocycles. The number of hydrogen-bond donors (Lipinski definition) is 1. The lowest BCUT2D eigenvalue weighted by Crippen LogP contribution is -2.12. The zero-order valence-electron chi connectivity index (χ0n) is 8.89. The van der Waals surface area contributed by atoms with Crippen molar-refractivity contribution in [3.63, 3.8) is 0 Å². The fourth-order valence-electron chi connectivity index (χ4n) is 1.71. The summed E-state index contributed by atoms with van der Waals surface area (Å²) in [4.78, 5) is 11.2. The largest absolute Gasteiger partial charge is 0.365 e. The van der Waals surface area contributed by atoms with Crippen molar-refractivity contribution in [1.29, 1.82) is 0 Å². The number of rotatable bonds is 2. The van der Waals surface area contributed by atoms with Crippen molar-refractivity contribution in [2.75, 3.05) is 0 Å². The third-order valence-electron chi connectivity index (χ3n) is 2.46. The summed E-state index contributed by atoms with van der Waals surface area (Å²) in [5.41, 5.74) is 7.49. The van der Waals surface area contributed by atoms with Gasteiger partial charge in [0.2, 0.25) is 0 Å². The molecule has 0 spiro atoms. The Hall–Kier alpha value is -0.960. The van der Waals surface area contributed by atoms with E-state index in [0.29, 0.717) is 10.6 Å². The topological polar surface area (TPSA) is 48.0 Å². The molecule has 0 atom stereocenters. The van der Waals surface area contributed by atoms with Crippen molar-refractivity contribution in [1.82, 2.24) is 4.57 Å². The standard InChI is InChI=1S/C10H15ClN2O/c1-5(2)9-8(11)7(10(12)14)6(3)13(9)4/h5H,1-4H3,(H2,12,14). The predicted octanol–water partition coefficient (Wildman–Crippen LogP) is 2.21. The van der Waals surface area contributed by atoms with Crippen LogP contribution >= 0.6 is 11.6 Å². The Morgan fingerprint density at radius 3 is 2.21 bits per heavy atom. The molecular weight excluding hydrogens is 200 g/mol. The van der Waals surface area contributed by atoms with Gasteiger partial charge in [0.25, 0.3) is 5.91 Å². The van der Waals surface area contributed by atoms with Crippen LogP contribution in [0.15, 0.2) is 0 Å². The van der Waals surface area contributed by atoms with Crippen molar-refractivity contribution < 1.29 is 4.79 Å². The van der Waals surface area contributed by atoms with E-state index in [4.69, 9.17) is 17.3 Å². The number of amides is 1. The van der Waals surface area contributed by atoms with Gasteiger partial charge in [0, 0.05) is 18.4 Å². The first kappa shape index (κ1) is 11.1. The van der Waals surface area contributed by atoms with E-state index < -0.39 is 5.91 Å². The highest BCUT2D eigenvalue weighted by atomic mass is 35.5. The van der Waals surface area contributed by atoms with Gasteiger partial charge in [-0.05, 0) is 12.8 Å². The molecule has 0 aliphatic rings. The summed E-state index contributed by atoms with van der Waals surface area (Å²) in [7, 11) is 1.89. The molecule has 1 amide bonds. The van der Waals surface area contributed by atoms with Crippen molar-refractivity contribution in [2.45, 2.75) is 26.7 Å². The molecule has 0 radical (unpaired) electrons. The Bertz CT molecular complexity index is 380. The maximum absolute atomic E-state index is 11.2. The van der Waals surface area contributed by atoms with Crippen LogP contribution in [-0.4, -0.2) is 10.5 Å². The first-order valence-corrected chi connectivity index (χ1v) is 4.90. The Kier molecular flexibility index (Phi) is 2.90. The molecule has 0 unspecified atom stereocenters. The number of nitrogens with zero attached hydrogens (tertiary/aromatic N) is 1. The second-order valence-electron chi connectivity index (χ2n) is 3.74. The summed E-state index contributed by atoms with van der Waals surface area (Å²) < 4.78 is 1.92.